The van der Waals surface area contributed by atoms with E-state index in [1.165, 1.54) is 6.26 Å². The largest absolute Gasteiger partial charge is 0.459 e. The molecule has 0 unspecified atom stereocenters. The van der Waals surface area contributed by atoms with Crippen molar-refractivity contribution in [3.05, 3.63) is 23.7 Å². The number of nitrogen functional groups attached to an aromatic ring is 1. The lowest BCUT2D eigenvalue weighted by atomic mass is 9.94. The van der Waals surface area contributed by atoms with Crippen molar-refractivity contribution in [1.82, 2.24) is 10.3 Å². The monoisotopic (exact) mass is 283 g/mol. The van der Waals surface area contributed by atoms with Crippen molar-refractivity contribution in [1.29, 1.82) is 0 Å². The maximum atomic E-state index is 11.5. The Hall–Kier alpha value is -1.41. The Morgan fingerprint density at radius 1 is 1.55 bits per heavy atom. The second kappa shape index (κ2) is 6.36. The van der Waals surface area contributed by atoms with Crippen LogP contribution in [0.4, 0.5) is 0 Å². The summed E-state index contributed by atoms with van der Waals surface area (Å²) in [4.78, 5) is 13.5. The van der Waals surface area contributed by atoms with Gasteiger partial charge < -0.3 is 14.3 Å². The number of aliphatic hydroxyl groups is 1. The molecule has 20 heavy (non-hydrogen) atoms. The smallest absolute Gasteiger partial charge is 0.301 e. The average Bonchev–Trinajstić information content (AvgIpc) is 2.86. The Morgan fingerprint density at radius 2 is 2.25 bits per heavy atom. The second-order valence-corrected chi connectivity index (χ2v) is 5.26. The van der Waals surface area contributed by atoms with Gasteiger partial charge in [0.1, 0.15) is 0 Å². The number of ether oxygens (including phenoxy) is 1. The number of nitrogens with zero attached hydrogens (tertiary/aromatic N) is 1. The summed E-state index contributed by atoms with van der Waals surface area (Å²) in [6, 6.07) is 1.73. The van der Waals surface area contributed by atoms with Crippen LogP contribution >= 0.6 is 0 Å². The first-order valence-corrected chi connectivity index (χ1v) is 6.60. The SMILES string of the molecule is CN(Cc1ccoc1C(=O)NN)CC1(O)CCOCC1. The van der Waals surface area contributed by atoms with Crippen molar-refractivity contribution in [2.75, 3.05) is 26.8 Å². The van der Waals surface area contributed by atoms with Crippen LogP contribution in [0.1, 0.15) is 29.0 Å². The Labute approximate surface area is 117 Å². The van der Waals surface area contributed by atoms with E-state index in [2.05, 4.69) is 5.43 Å². The van der Waals surface area contributed by atoms with Crippen molar-refractivity contribution in [2.45, 2.75) is 25.0 Å². The van der Waals surface area contributed by atoms with Crippen molar-refractivity contribution < 1.29 is 19.1 Å². The summed E-state index contributed by atoms with van der Waals surface area (Å²) in [5, 5.41) is 10.5. The number of amides is 1. The Kier molecular flexibility index (Phi) is 4.77. The minimum atomic E-state index is -0.729. The van der Waals surface area contributed by atoms with Crippen LogP contribution in [0.3, 0.4) is 0 Å². The van der Waals surface area contributed by atoms with E-state index in [9.17, 15) is 9.90 Å². The first-order valence-electron chi connectivity index (χ1n) is 6.60. The van der Waals surface area contributed by atoms with E-state index >= 15 is 0 Å². The fourth-order valence-corrected chi connectivity index (χ4v) is 2.48. The molecular formula is C13H21N3O4. The molecule has 1 aliphatic rings. The molecule has 1 aromatic rings. The molecule has 2 rings (SSSR count). The molecule has 1 aromatic heterocycles. The summed E-state index contributed by atoms with van der Waals surface area (Å²) in [6.07, 6.45) is 2.70. The number of nitrogens with one attached hydrogen (secondary N) is 1. The van der Waals surface area contributed by atoms with E-state index in [1.54, 1.807) is 6.07 Å². The number of hydrazine groups is 1. The lowest BCUT2D eigenvalue weighted by Gasteiger charge is -2.35. The molecule has 0 atom stereocenters. The van der Waals surface area contributed by atoms with Crippen LogP contribution in [-0.4, -0.2) is 48.3 Å². The molecule has 1 fully saturated rings. The van der Waals surface area contributed by atoms with Gasteiger partial charge in [0.25, 0.3) is 0 Å². The van der Waals surface area contributed by atoms with Gasteiger partial charge in [-0.05, 0) is 13.1 Å². The van der Waals surface area contributed by atoms with E-state index in [0.717, 1.165) is 5.56 Å². The highest BCUT2D eigenvalue weighted by molar-refractivity contribution is 5.92. The summed E-state index contributed by atoms with van der Waals surface area (Å²) < 4.78 is 10.4. The maximum absolute atomic E-state index is 11.5. The van der Waals surface area contributed by atoms with Crippen LogP contribution in [0.15, 0.2) is 16.7 Å². The summed E-state index contributed by atoms with van der Waals surface area (Å²) in [5.41, 5.74) is 2.07. The third kappa shape index (κ3) is 3.57. The van der Waals surface area contributed by atoms with Crippen molar-refractivity contribution in [2.24, 2.45) is 5.84 Å². The van der Waals surface area contributed by atoms with E-state index < -0.39 is 11.5 Å². The van der Waals surface area contributed by atoms with Crippen molar-refractivity contribution in [3.8, 4) is 0 Å². The predicted molar refractivity (Wildman–Crippen MR) is 71.7 cm³/mol. The summed E-state index contributed by atoms with van der Waals surface area (Å²) in [5.74, 6) is 4.86. The number of hydrogen-bond donors (Lipinski definition) is 3. The van der Waals surface area contributed by atoms with Gasteiger partial charge in [-0.25, -0.2) is 5.84 Å². The fraction of sp³-hybridized carbons (Fsp3) is 0.615. The van der Waals surface area contributed by atoms with Gasteiger partial charge in [0.15, 0.2) is 5.76 Å². The first-order chi connectivity index (χ1) is 9.54. The van der Waals surface area contributed by atoms with Crippen LogP contribution in [0, 0.1) is 0 Å². The number of hydrogen-bond acceptors (Lipinski definition) is 6. The van der Waals surface area contributed by atoms with Gasteiger partial charge in [-0.3, -0.25) is 15.1 Å². The van der Waals surface area contributed by atoms with Crippen molar-refractivity contribution >= 4 is 5.91 Å². The molecule has 112 valence electrons. The van der Waals surface area contributed by atoms with Gasteiger partial charge in [-0.2, -0.15) is 0 Å². The average molecular weight is 283 g/mol. The van der Waals surface area contributed by atoms with E-state index in [4.69, 9.17) is 15.0 Å². The molecule has 2 heterocycles. The summed E-state index contributed by atoms with van der Waals surface area (Å²) in [7, 11) is 1.89. The molecule has 0 radical (unpaired) electrons. The molecule has 4 N–H and O–H groups in total. The standard InChI is InChI=1S/C13H21N3O4/c1-16(9-13(18)3-6-19-7-4-13)8-10-2-5-20-11(10)12(17)15-14/h2,5,18H,3-4,6-9,14H2,1H3,(H,15,17). The topological polar surface area (TPSA) is 101 Å². The van der Waals surface area contributed by atoms with Crippen LogP contribution in [0.25, 0.3) is 0 Å². The molecule has 1 amide bonds. The van der Waals surface area contributed by atoms with Crippen molar-refractivity contribution in [3.63, 3.8) is 0 Å². The van der Waals surface area contributed by atoms with Crippen LogP contribution in [-0.2, 0) is 11.3 Å². The maximum Gasteiger partial charge on any atom is 0.301 e. The normalized spacial score (nSPS) is 18.2. The van der Waals surface area contributed by atoms with Crippen LogP contribution in [0.5, 0.6) is 0 Å². The van der Waals surface area contributed by atoms with Crippen LogP contribution < -0.4 is 11.3 Å². The summed E-state index contributed by atoms with van der Waals surface area (Å²) >= 11 is 0. The third-order valence-electron chi connectivity index (χ3n) is 3.51. The molecule has 0 bridgehead atoms. The minimum Gasteiger partial charge on any atom is -0.459 e. The number of carbonyl (C=O) groups is 1. The first kappa shape index (κ1) is 15.0. The number of nitrogens with two attached hydrogens (primary N) is 1. The van der Waals surface area contributed by atoms with Gasteiger partial charge in [0.05, 0.1) is 11.9 Å². The molecule has 0 spiro atoms. The molecule has 7 nitrogen and oxygen atoms in total. The molecular weight excluding hydrogens is 262 g/mol. The molecule has 0 aliphatic carbocycles. The zero-order valence-corrected chi connectivity index (χ0v) is 11.6. The molecule has 1 aliphatic heterocycles. The molecule has 7 heteroatoms. The zero-order valence-electron chi connectivity index (χ0n) is 11.6. The van der Waals surface area contributed by atoms with Gasteiger partial charge >= 0.3 is 5.91 Å². The predicted octanol–water partition coefficient (Wildman–Crippen LogP) is -0.144. The van der Waals surface area contributed by atoms with E-state index in [1.807, 2.05) is 11.9 Å². The number of carbonyl (C=O) groups excluding carboxylic acids is 1. The quantitative estimate of drug-likeness (QED) is 0.395. The molecule has 0 aromatic carbocycles. The number of rotatable bonds is 5. The molecule has 0 saturated carbocycles. The van der Waals surface area contributed by atoms with Gasteiger partial charge in [0.2, 0.25) is 0 Å². The summed E-state index contributed by atoms with van der Waals surface area (Å²) in [6.45, 7) is 2.18. The highest BCUT2D eigenvalue weighted by atomic mass is 16.5. The van der Waals surface area contributed by atoms with Gasteiger partial charge in [0, 0.05) is 44.7 Å². The van der Waals surface area contributed by atoms with Gasteiger partial charge in [-0.1, -0.05) is 0 Å². The van der Waals surface area contributed by atoms with Gasteiger partial charge in [-0.15, -0.1) is 0 Å². The lowest BCUT2D eigenvalue weighted by molar-refractivity contribution is -0.0777. The Morgan fingerprint density at radius 3 is 2.90 bits per heavy atom. The highest BCUT2D eigenvalue weighted by Gasteiger charge is 2.31. The van der Waals surface area contributed by atoms with Crippen LogP contribution in [0.2, 0.25) is 0 Å². The van der Waals surface area contributed by atoms with E-state index in [-0.39, 0.29) is 5.76 Å². The Balaban J connectivity index is 1.96. The van der Waals surface area contributed by atoms with E-state index in [0.29, 0.717) is 39.1 Å². The third-order valence-corrected chi connectivity index (χ3v) is 3.51. The number of furan rings is 1. The Bertz CT molecular complexity index is 454. The number of likely N-dealkylation sites (N-methyl/N-ethyl adjacent to an activating group) is 1. The minimum absolute atomic E-state index is 0.207. The second-order valence-electron chi connectivity index (χ2n) is 5.26. The lowest BCUT2D eigenvalue weighted by Crippen LogP contribution is -2.45. The molecule has 1 saturated heterocycles. The fourth-order valence-electron chi connectivity index (χ4n) is 2.48. The highest BCUT2D eigenvalue weighted by Crippen LogP contribution is 2.22. The zero-order chi connectivity index (χ0) is 14.6.